The summed E-state index contributed by atoms with van der Waals surface area (Å²) in [5.74, 6) is -1.61. The molecular weight excluding hydrogens is 393 g/mol. The zero-order valence-corrected chi connectivity index (χ0v) is 16.1. The van der Waals surface area contributed by atoms with E-state index < -0.39 is 42.8 Å². The molecule has 0 bridgehead atoms. The molecule has 0 aromatic heterocycles. The summed E-state index contributed by atoms with van der Waals surface area (Å²) in [4.78, 5) is 37.2. The monoisotopic (exact) mass is 416 g/mol. The Balaban J connectivity index is 1.76. The molecule has 2 rings (SSSR count). The smallest absolute Gasteiger partial charge is 0.422 e. The van der Waals surface area contributed by atoms with Gasteiger partial charge >= 0.3 is 18.2 Å². The third kappa shape index (κ3) is 7.28. The summed E-state index contributed by atoms with van der Waals surface area (Å²) >= 11 is 0. The van der Waals surface area contributed by atoms with Gasteiger partial charge in [0.1, 0.15) is 0 Å². The summed E-state index contributed by atoms with van der Waals surface area (Å²) in [6.07, 6.45) is -6.25. The predicted molar refractivity (Wildman–Crippen MR) is 97.1 cm³/mol. The molecule has 1 N–H and O–H groups in total. The van der Waals surface area contributed by atoms with Gasteiger partial charge in [-0.05, 0) is 38.8 Å². The highest BCUT2D eigenvalue weighted by Crippen LogP contribution is 2.21. The Hall–Kier alpha value is -2.78. The van der Waals surface area contributed by atoms with Gasteiger partial charge in [-0.1, -0.05) is 17.7 Å². The van der Waals surface area contributed by atoms with Crippen LogP contribution in [0.2, 0.25) is 0 Å². The molecular formula is C19H23F3N2O5. The molecule has 0 saturated carbocycles. The number of likely N-dealkylation sites (tertiary alicyclic amines) is 1. The molecule has 0 aliphatic carbocycles. The van der Waals surface area contributed by atoms with Gasteiger partial charge in [0.2, 0.25) is 0 Å². The molecule has 2 amide bonds. The maximum atomic E-state index is 12.3. The van der Waals surface area contributed by atoms with Crippen molar-refractivity contribution in [3.8, 4) is 0 Å². The van der Waals surface area contributed by atoms with Crippen LogP contribution in [0.25, 0.3) is 0 Å². The topological polar surface area (TPSA) is 84.9 Å². The molecule has 1 aliphatic rings. The largest absolute Gasteiger partial charge is 0.452 e. The number of halogens is 3. The van der Waals surface area contributed by atoms with E-state index in [2.05, 4.69) is 10.1 Å². The molecule has 29 heavy (non-hydrogen) atoms. The van der Waals surface area contributed by atoms with Crippen LogP contribution in [0, 0.1) is 12.8 Å². The van der Waals surface area contributed by atoms with E-state index in [1.54, 1.807) is 12.1 Å². The molecule has 0 unspecified atom stereocenters. The van der Waals surface area contributed by atoms with E-state index in [1.807, 2.05) is 19.1 Å². The summed E-state index contributed by atoms with van der Waals surface area (Å²) in [7, 11) is 0. The molecule has 1 atom stereocenters. The van der Waals surface area contributed by atoms with Gasteiger partial charge in [0.05, 0.1) is 5.92 Å². The van der Waals surface area contributed by atoms with Crippen LogP contribution in [-0.2, 0) is 19.1 Å². The van der Waals surface area contributed by atoms with Gasteiger partial charge < -0.3 is 19.7 Å². The number of benzene rings is 1. The van der Waals surface area contributed by atoms with Gasteiger partial charge in [-0.15, -0.1) is 0 Å². The van der Waals surface area contributed by atoms with Crippen LogP contribution in [0.3, 0.4) is 0 Å². The van der Waals surface area contributed by atoms with Crippen molar-refractivity contribution in [3.05, 3.63) is 29.8 Å². The van der Waals surface area contributed by atoms with Crippen LogP contribution < -0.4 is 5.32 Å². The highest BCUT2D eigenvalue weighted by Gasteiger charge is 2.34. The number of hydrogen-bond acceptors (Lipinski definition) is 5. The SMILES string of the molecule is Cc1ccc(NC(=O)[C@@H](C)OC(=O)C2CCN(C(=O)OCC(F)(F)F)CC2)cc1. The molecule has 1 fully saturated rings. The van der Waals surface area contributed by atoms with Crippen LogP contribution in [0.4, 0.5) is 23.7 Å². The van der Waals surface area contributed by atoms with Crippen molar-refractivity contribution in [1.29, 1.82) is 0 Å². The number of carbonyl (C=O) groups is 3. The van der Waals surface area contributed by atoms with Crippen molar-refractivity contribution in [1.82, 2.24) is 4.90 Å². The molecule has 0 spiro atoms. The first-order valence-electron chi connectivity index (χ1n) is 9.11. The molecule has 1 saturated heterocycles. The Morgan fingerprint density at radius 3 is 2.31 bits per heavy atom. The van der Waals surface area contributed by atoms with Crippen molar-refractivity contribution in [2.45, 2.75) is 39.0 Å². The predicted octanol–water partition coefficient (Wildman–Crippen LogP) is 3.28. The van der Waals surface area contributed by atoms with E-state index in [-0.39, 0.29) is 25.9 Å². The van der Waals surface area contributed by atoms with Crippen LogP contribution in [0.1, 0.15) is 25.3 Å². The van der Waals surface area contributed by atoms with Crippen LogP contribution >= 0.6 is 0 Å². The fraction of sp³-hybridized carbons (Fsp3) is 0.526. The van der Waals surface area contributed by atoms with Crippen LogP contribution in [-0.4, -0.2) is 54.8 Å². The first-order chi connectivity index (χ1) is 13.5. The minimum Gasteiger partial charge on any atom is -0.452 e. The quantitative estimate of drug-likeness (QED) is 0.745. The number of alkyl halides is 3. The summed E-state index contributed by atoms with van der Waals surface area (Å²) in [6.45, 7) is 1.85. The molecule has 1 aliphatic heterocycles. The Bertz CT molecular complexity index is 728. The van der Waals surface area contributed by atoms with E-state index in [1.165, 1.54) is 6.92 Å². The van der Waals surface area contributed by atoms with Crippen molar-refractivity contribution in [3.63, 3.8) is 0 Å². The molecule has 1 heterocycles. The molecule has 7 nitrogen and oxygen atoms in total. The van der Waals surface area contributed by atoms with Gasteiger partial charge in [0, 0.05) is 18.8 Å². The van der Waals surface area contributed by atoms with Crippen LogP contribution in [0.15, 0.2) is 24.3 Å². The number of carbonyl (C=O) groups excluding carboxylic acids is 3. The summed E-state index contributed by atoms with van der Waals surface area (Å²) in [5, 5.41) is 2.65. The molecule has 160 valence electrons. The first-order valence-corrected chi connectivity index (χ1v) is 9.11. The van der Waals surface area contributed by atoms with Gasteiger partial charge in [-0.3, -0.25) is 9.59 Å². The van der Waals surface area contributed by atoms with Crippen LogP contribution in [0.5, 0.6) is 0 Å². The second-order valence-corrected chi connectivity index (χ2v) is 6.87. The summed E-state index contributed by atoms with van der Waals surface area (Å²) in [6, 6.07) is 7.13. The first kappa shape index (κ1) is 22.5. The second kappa shape index (κ2) is 9.62. The highest BCUT2D eigenvalue weighted by atomic mass is 19.4. The van der Waals surface area contributed by atoms with Crippen molar-refractivity contribution in [2.24, 2.45) is 5.92 Å². The van der Waals surface area contributed by atoms with Crippen molar-refractivity contribution >= 4 is 23.7 Å². The maximum absolute atomic E-state index is 12.3. The number of nitrogens with one attached hydrogen (secondary N) is 1. The summed E-state index contributed by atoms with van der Waals surface area (Å²) < 4.78 is 45.7. The van der Waals surface area contributed by atoms with Crippen molar-refractivity contribution in [2.75, 3.05) is 25.0 Å². The lowest BCUT2D eigenvalue weighted by Crippen LogP contribution is -2.42. The zero-order valence-electron chi connectivity index (χ0n) is 16.1. The van der Waals surface area contributed by atoms with Gasteiger partial charge in [-0.25, -0.2) is 4.79 Å². The van der Waals surface area contributed by atoms with E-state index >= 15 is 0 Å². The highest BCUT2D eigenvalue weighted by molar-refractivity contribution is 5.95. The van der Waals surface area contributed by atoms with Gasteiger partial charge in [0.15, 0.2) is 12.7 Å². The molecule has 10 heteroatoms. The second-order valence-electron chi connectivity index (χ2n) is 6.87. The normalized spacial score (nSPS) is 16.1. The fourth-order valence-electron chi connectivity index (χ4n) is 2.74. The molecule has 0 radical (unpaired) electrons. The molecule has 1 aromatic carbocycles. The number of esters is 1. The number of hydrogen-bond donors (Lipinski definition) is 1. The van der Waals surface area contributed by atoms with Gasteiger partial charge in [-0.2, -0.15) is 13.2 Å². The number of anilines is 1. The Morgan fingerprint density at radius 1 is 1.17 bits per heavy atom. The number of aryl methyl sites for hydroxylation is 1. The van der Waals surface area contributed by atoms with E-state index in [9.17, 15) is 27.6 Å². The van der Waals surface area contributed by atoms with Crippen molar-refractivity contribution < 1.29 is 37.0 Å². The Morgan fingerprint density at radius 2 is 1.76 bits per heavy atom. The fourth-order valence-corrected chi connectivity index (χ4v) is 2.74. The number of nitrogens with zero attached hydrogens (tertiary/aromatic N) is 1. The summed E-state index contributed by atoms with van der Waals surface area (Å²) in [5.41, 5.74) is 1.62. The van der Waals surface area contributed by atoms with Gasteiger partial charge in [0.25, 0.3) is 5.91 Å². The number of amides is 2. The van der Waals surface area contributed by atoms with E-state index in [4.69, 9.17) is 4.74 Å². The Kier molecular flexibility index (Phi) is 7.46. The molecule has 1 aromatic rings. The lowest BCUT2D eigenvalue weighted by Gasteiger charge is -2.30. The maximum Gasteiger partial charge on any atom is 0.422 e. The lowest BCUT2D eigenvalue weighted by atomic mass is 9.97. The minimum atomic E-state index is -4.59. The van der Waals surface area contributed by atoms with E-state index in [0.717, 1.165) is 10.5 Å². The number of ether oxygens (including phenoxy) is 2. The van der Waals surface area contributed by atoms with E-state index in [0.29, 0.717) is 5.69 Å². The average molecular weight is 416 g/mol. The average Bonchev–Trinajstić information content (AvgIpc) is 2.67. The lowest BCUT2D eigenvalue weighted by molar-refractivity contribution is -0.163. The zero-order chi connectivity index (χ0) is 21.6. The third-order valence-electron chi connectivity index (χ3n) is 4.43. The number of piperidine rings is 1. The Labute approximate surface area is 166 Å². The third-order valence-corrected chi connectivity index (χ3v) is 4.43. The number of rotatable bonds is 5. The standard InChI is InChI=1S/C19H23F3N2O5/c1-12-3-5-15(6-4-12)23-16(25)13(2)29-17(26)14-7-9-24(10-8-14)18(27)28-11-19(20,21)22/h3-6,13-14H,7-11H2,1-2H3,(H,23,25)/t13-/m1/s1. The minimum absolute atomic E-state index is 0.0698.